The standard InChI is InChI=1S/C36H35Cl2N3O6.ClH/c1-5-40(16-14-23-7-6-15-39(20-23)22-33(42)43)34(44)24-9-12-30(38)28(17-24)36(2)29-18-26(37)10-13-31(29)41(35(36)45)21-25-8-11-27(46-3)19-32(25)47-4;/h6-13,15,17-20H,5,14,16,21-22H2,1-4H3;1H. The van der Waals surface area contributed by atoms with Gasteiger partial charge in [0.1, 0.15) is 16.9 Å². The predicted octanol–water partition coefficient (Wildman–Crippen LogP) is 2.94. The number of amides is 2. The van der Waals surface area contributed by atoms with Crippen LogP contribution in [-0.2, 0) is 34.5 Å². The van der Waals surface area contributed by atoms with Crippen molar-refractivity contribution in [1.82, 2.24) is 4.90 Å². The topological polar surface area (TPSA) is 100 Å². The van der Waals surface area contributed by atoms with E-state index in [4.69, 9.17) is 37.8 Å². The summed E-state index contributed by atoms with van der Waals surface area (Å²) in [5.41, 5.74) is 2.71. The Balaban J connectivity index is 0.00000520. The number of methoxy groups -OCH3 is 2. The molecule has 1 N–H and O–H groups in total. The smallest absolute Gasteiger partial charge is 0.370 e. The number of carboxylic acid groups (broad SMARTS) is 1. The van der Waals surface area contributed by atoms with Crippen LogP contribution in [0.1, 0.15) is 46.5 Å². The zero-order valence-electron chi connectivity index (χ0n) is 27.0. The number of anilines is 1. The first kappa shape index (κ1) is 36.5. The maximum atomic E-state index is 14.5. The van der Waals surface area contributed by atoms with Crippen molar-refractivity contribution in [3.63, 3.8) is 0 Å². The first-order valence-corrected chi connectivity index (χ1v) is 15.9. The molecule has 1 aliphatic rings. The first-order chi connectivity index (χ1) is 22.5. The lowest BCUT2D eigenvalue weighted by Gasteiger charge is -2.28. The second-order valence-electron chi connectivity index (χ2n) is 11.5. The van der Waals surface area contributed by atoms with Gasteiger partial charge in [0.15, 0.2) is 12.4 Å². The van der Waals surface area contributed by atoms with Crippen LogP contribution >= 0.6 is 23.2 Å². The molecule has 0 saturated heterocycles. The molecule has 0 radical (unpaired) electrons. The van der Waals surface area contributed by atoms with Crippen molar-refractivity contribution in [1.29, 1.82) is 0 Å². The zero-order chi connectivity index (χ0) is 33.9. The molecule has 0 aliphatic carbocycles. The van der Waals surface area contributed by atoms with E-state index in [2.05, 4.69) is 0 Å². The molecule has 0 fully saturated rings. The molecule has 1 unspecified atom stereocenters. The molecule has 9 nitrogen and oxygen atoms in total. The normalized spacial score (nSPS) is 15.0. The highest BCUT2D eigenvalue weighted by Gasteiger charge is 2.50. The van der Waals surface area contributed by atoms with Crippen LogP contribution in [0.5, 0.6) is 11.5 Å². The van der Waals surface area contributed by atoms with Gasteiger partial charge in [0.05, 0.1) is 20.8 Å². The number of likely N-dealkylation sites (N-methyl/N-ethyl adjacent to an activating group) is 1. The van der Waals surface area contributed by atoms with Crippen molar-refractivity contribution in [2.24, 2.45) is 0 Å². The van der Waals surface area contributed by atoms with E-state index in [1.54, 1.807) is 83.4 Å². The molecule has 2 heterocycles. The summed E-state index contributed by atoms with van der Waals surface area (Å²) >= 11 is 13.3. The number of fused-ring (bicyclic) bond motifs is 1. The van der Waals surface area contributed by atoms with Gasteiger partial charge >= 0.3 is 5.97 Å². The number of carbonyl (C=O) groups is 3. The highest BCUT2D eigenvalue weighted by atomic mass is 35.5. The number of carboxylic acids is 1. The third-order valence-electron chi connectivity index (χ3n) is 8.61. The van der Waals surface area contributed by atoms with Gasteiger partial charge in [-0.05, 0) is 86.0 Å². The Bertz CT molecular complexity index is 1850. The summed E-state index contributed by atoms with van der Waals surface area (Å²) < 4.78 is 12.6. The number of hydrogen-bond donors (Lipinski definition) is 1. The number of aliphatic carboxylic acids is 1. The Kier molecular flexibility index (Phi) is 11.6. The molecule has 48 heavy (non-hydrogen) atoms. The quantitative estimate of drug-likeness (QED) is 0.227. The Morgan fingerprint density at radius 1 is 1.00 bits per heavy atom. The molecule has 1 aromatic heterocycles. The summed E-state index contributed by atoms with van der Waals surface area (Å²) in [4.78, 5) is 42.9. The fourth-order valence-corrected chi connectivity index (χ4v) is 6.56. The Morgan fingerprint density at radius 3 is 2.46 bits per heavy atom. The summed E-state index contributed by atoms with van der Waals surface area (Å²) in [5, 5.41) is 9.95. The van der Waals surface area contributed by atoms with Gasteiger partial charge in [0.25, 0.3) is 5.91 Å². The minimum absolute atomic E-state index is 0. The van der Waals surface area contributed by atoms with Gasteiger partial charge in [-0.25, -0.2) is 4.79 Å². The monoisotopic (exact) mass is 711 g/mol. The maximum absolute atomic E-state index is 14.5. The van der Waals surface area contributed by atoms with E-state index in [1.807, 2.05) is 38.1 Å². The Morgan fingerprint density at radius 2 is 1.77 bits per heavy atom. The maximum Gasteiger partial charge on any atom is 0.370 e. The molecule has 4 aromatic rings. The second-order valence-corrected chi connectivity index (χ2v) is 12.3. The van der Waals surface area contributed by atoms with E-state index < -0.39 is 11.4 Å². The lowest BCUT2D eigenvalue weighted by molar-refractivity contribution is -0.686. The van der Waals surface area contributed by atoms with Gasteiger partial charge in [-0.15, -0.1) is 0 Å². The lowest BCUT2D eigenvalue weighted by atomic mass is 9.76. The van der Waals surface area contributed by atoms with Crippen LogP contribution in [0.15, 0.2) is 79.1 Å². The van der Waals surface area contributed by atoms with Crippen LogP contribution in [0, 0.1) is 0 Å². The van der Waals surface area contributed by atoms with Gasteiger partial charge < -0.3 is 36.8 Å². The highest BCUT2D eigenvalue weighted by Crippen LogP contribution is 2.49. The zero-order valence-corrected chi connectivity index (χ0v) is 29.3. The van der Waals surface area contributed by atoms with Gasteiger partial charge in [-0.1, -0.05) is 23.2 Å². The molecule has 0 saturated carbocycles. The Labute approximate surface area is 296 Å². The van der Waals surface area contributed by atoms with E-state index in [0.29, 0.717) is 63.4 Å². The molecule has 0 spiro atoms. The van der Waals surface area contributed by atoms with E-state index in [9.17, 15) is 14.4 Å². The third-order valence-corrected chi connectivity index (χ3v) is 9.18. The Hall–Kier alpha value is -4.31. The van der Waals surface area contributed by atoms with Gasteiger partial charge in [-0.2, -0.15) is 4.57 Å². The van der Waals surface area contributed by atoms with Crippen LogP contribution in [-0.4, -0.2) is 55.1 Å². The average Bonchev–Trinajstić information content (AvgIpc) is 3.26. The molecule has 12 heteroatoms. The average molecular weight is 713 g/mol. The lowest BCUT2D eigenvalue weighted by Crippen LogP contribution is -3.00. The van der Waals surface area contributed by atoms with Crippen molar-refractivity contribution in [2.45, 2.75) is 38.8 Å². The minimum Gasteiger partial charge on any atom is -1.00 e. The minimum atomic E-state index is -1.24. The van der Waals surface area contributed by atoms with Crippen molar-refractivity contribution in [2.75, 3.05) is 32.2 Å². The number of benzene rings is 3. The predicted molar refractivity (Wildman–Crippen MR) is 180 cm³/mol. The summed E-state index contributed by atoms with van der Waals surface area (Å²) in [6.07, 6.45) is 4.00. The number of rotatable bonds is 12. The number of ether oxygens (including phenoxy) is 2. The van der Waals surface area contributed by atoms with E-state index in [1.165, 1.54) is 0 Å². The highest BCUT2D eigenvalue weighted by molar-refractivity contribution is 6.33. The molecule has 1 atom stereocenters. The molecule has 1 aliphatic heterocycles. The number of hydrogen-bond acceptors (Lipinski definition) is 5. The fourth-order valence-electron chi connectivity index (χ4n) is 6.08. The van der Waals surface area contributed by atoms with E-state index >= 15 is 0 Å². The van der Waals surface area contributed by atoms with Crippen LogP contribution in [0.2, 0.25) is 10.0 Å². The van der Waals surface area contributed by atoms with Crippen LogP contribution < -0.4 is 31.3 Å². The van der Waals surface area contributed by atoms with Crippen molar-refractivity contribution >= 4 is 46.7 Å². The third kappa shape index (κ3) is 7.23. The number of halogens is 3. The van der Waals surface area contributed by atoms with Gasteiger partial charge in [-0.3, -0.25) is 9.59 Å². The summed E-state index contributed by atoms with van der Waals surface area (Å²) in [6, 6.07) is 19.5. The number of pyridine rings is 1. The molecular formula is C36H36Cl3N3O6. The molecular weight excluding hydrogens is 677 g/mol. The molecule has 3 aromatic carbocycles. The van der Waals surface area contributed by atoms with Gasteiger partial charge in [0.2, 0.25) is 12.5 Å². The number of carbonyl (C=O) groups excluding carboxylic acids is 2. The van der Waals surface area contributed by atoms with E-state index in [0.717, 1.165) is 11.1 Å². The second kappa shape index (κ2) is 15.3. The molecule has 0 bridgehead atoms. The largest absolute Gasteiger partial charge is 1.00 e. The number of aromatic nitrogens is 1. The van der Waals surface area contributed by atoms with Crippen LogP contribution in [0.25, 0.3) is 0 Å². The summed E-state index contributed by atoms with van der Waals surface area (Å²) in [7, 11) is 3.15. The van der Waals surface area contributed by atoms with Crippen LogP contribution in [0.4, 0.5) is 5.69 Å². The summed E-state index contributed by atoms with van der Waals surface area (Å²) in [6.45, 7) is 4.65. The fraction of sp³-hybridized carbons (Fsp3) is 0.278. The van der Waals surface area contributed by atoms with Crippen molar-refractivity contribution < 1.29 is 45.9 Å². The SMILES string of the molecule is CCN(CCc1ccc[n+](CC(=O)O)c1)C(=O)c1ccc(Cl)c(C2(C)C(=O)N(Cc3ccc(OC)cc3OC)c3ccc(Cl)cc32)c1.[Cl-]. The molecule has 252 valence electrons. The van der Waals surface area contributed by atoms with Crippen molar-refractivity contribution in [3.05, 3.63) is 117 Å². The first-order valence-electron chi connectivity index (χ1n) is 15.1. The summed E-state index contributed by atoms with van der Waals surface area (Å²) in [5.74, 6) is -0.141. The molecule has 5 rings (SSSR count). The van der Waals surface area contributed by atoms with Crippen LogP contribution in [0.3, 0.4) is 0 Å². The van der Waals surface area contributed by atoms with E-state index in [-0.39, 0.29) is 37.3 Å². The number of nitrogens with zero attached hydrogens (tertiary/aromatic N) is 3. The molecule has 2 amide bonds. The van der Waals surface area contributed by atoms with Gasteiger partial charge in [0, 0.05) is 57.6 Å². The van der Waals surface area contributed by atoms with Crippen molar-refractivity contribution in [3.8, 4) is 11.5 Å².